The molecule has 2 nitrogen and oxygen atoms in total. The summed E-state index contributed by atoms with van der Waals surface area (Å²) in [6.07, 6.45) is 0.196. The molecule has 0 unspecified atom stereocenters. The van der Waals surface area contributed by atoms with Gasteiger partial charge in [-0.2, -0.15) is 0 Å². The van der Waals surface area contributed by atoms with Crippen molar-refractivity contribution in [3.8, 4) is 5.75 Å². The van der Waals surface area contributed by atoms with Crippen LogP contribution < -0.4 is 10.1 Å². The maximum atomic E-state index is 6.11. The molecule has 1 N–H and O–H groups in total. The van der Waals surface area contributed by atoms with E-state index in [4.69, 9.17) is 16.3 Å². The second-order valence-corrected chi connectivity index (χ2v) is 5.04. The molecule has 0 radical (unpaired) electrons. The average Bonchev–Trinajstić information content (AvgIpc) is 2.39. The Balaban J connectivity index is 1.95. The molecular formula is C16H18ClNO. The largest absolute Gasteiger partial charge is 0.491 e. The fourth-order valence-corrected chi connectivity index (χ4v) is 1.97. The number of benzene rings is 2. The summed E-state index contributed by atoms with van der Waals surface area (Å²) in [7, 11) is 0. The van der Waals surface area contributed by atoms with Crippen LogP contribution in [-0.4, -0.2) is 6.10 Å². The maximum absolute atomic E-state index is 6.11. The molecule has 0 aromatic heterocycles. The standard InChI is InChI=1S/C16H18ClNO/c1-12(2)19-15-9-7-14(8-10-15)18-11-13-5-3-4-6-16(13)17/h3-10,12,18H,11H2,1-2H3. The zero-order chi connectivity index (χ0) is 13.7. The lowest BCUT2D eigenvalue weighted by molar-refractivity contribution is 0.242. The molecule has 0 heterocycles. The molecule has 0 bridgehead atoms. The number of anilines is 1. The Morgan fingerprint density at radius 1 is 1.05 bits per heavy atom. The first-order valence-corrected chi connectivity index (χ1v) is 6.77. The van der Waals surface area contributed by atoms with E-state index in [-0.39, 0.29) is 6.10 Å². The topological polar surface area (TPSA) is 21.3 Å². The number of nitrogens with one attached hydrogen (secondary N) is 1. The van der Waals surface area contributed by atoms with Crippen molar-refractivity contribution in [2.45, 2.75) is 26.5 Å². The van der Waals surface area contributed by atoms with E-state index in [1.807, 2.05) is 62.4 Å². The van der Waals surface area contributed by atoms with E-state index >= 15 is 0 Å². The van der Waals surface area contributed by atoms with Gasteiger partial charge in [-0.05, 0) is 49.7 Å². The van der Waals surface area contributed by atoms with Crippen LogP contribution in [0.3, 0.4) is 0 Å². The molecule has 0 saturated carbocycles. The summed E-state index contributed by atoms with van der Waals surface area (Å²) < 4.78 is 5.60. The van der Waals surface area contributed by atoms with Gasteiger partial charge in [-0.1, -0.05) is 29.8 Å². The number of halogens is 1. The first-order chi connectivity index (χ1) is 9.15. The highest BCUT2D eigenvalue weighted by atomic mass is 35.5. The van der Waals surface area contributed by atoms with Crippen molar-refractivity contribution in [2.75, 3.05) is 5.32 Å². The van der Waals surface area contributed by atoms with E-state index < -0.39 is 0 Å². The minimum Gasteiger partial charge on any atom is -0.491 e. The Morgan fingerprint density at radius 3 is 2.37 bits per heavy atom. The van der Waals surface area contributed by atoms with Crippen LogP contribution in [0.2, 0.25) is 5.02 Å². The number of ether oxygens (including phenoxy) is 1. The molecule has 0 aliphatic heterocycles. The van der Waals surface area contributed by atoms with Crippen molar-refractivity contribution in [3.05, 3.63) is 59.1 Å². The van der Waals surface area contributed by atoms with Crippen LogP contribution in [0.5, 0.6) is 5.75 Å². The molecule has 0 saturated heterocycles. The SMILES string of the molecule is CC(C)Oc1ccc(NCc2ccccc2Cl)cc1. The lowest BCUT2D eigenvalue weighted by Crippen LogP contribution is -2.05. The van der Waals surface area contributed by atoms with Crippen molar-refractivity contribution in [3.63, 3.8) is 0 Å². The number of hydrogen-bond donors (Lipinski definition) is 1. The maximum Gasteiger partial charge on any atom is 0.119 e. The Labute approximate surface area is 119 Å². The molecule has 100 valence electrons. The Hall–Kier alpha value is -1.67. The molecular weight excluding hydrogens is 258 g/mol. The van der Waals surface area contributed by atoms with E-state index in [2.05, 4.69) is 5.32 Å². The van der Waals surface area contributed by atoms with E-state index in [0.29, 0.717) is 6.54 Å². The van der Waals surface area contributed by atoms with Gasteiger partial charge in [0.1, 0.15) is 5.75 Å². The predicted octanol–water partition coefficient (Wildman–Crippen LogP) is 4.74. The van der Waals surface area contributed by atoms with Crippen LogP contribution >= 0.6 is 11.6 Å². The molecule has 2 aromatic rings. The summed E-state index contributed by atoms with van der Waals surface area (Å²) in [6.45, 7) is 4.75. The lowest BCUT2D eigenvalue weighted by Gasteiger charge is -2.11. The Kier molecular flexibility index (Phi) is 4.69. The Bertz CT molecular complexity index is 523. The molecule has 0 atom stereocenters. The molecule has 0 aliphatic rings. The van der Waals surface area contributed by atoms with Crippen LogP contribution in [0.15, 0.2) is 48.5 Å². The van der Waals surface area contributed by atoms with Gasteiger partial charge in [0.05, 0.1) is 6.10 Å². The van der Waals surface area contributed by atoms with E-state index in [0.717, 1.165) is 22.0 Å². The highest BCUT2D eigenvalue weighted by Gasteiger charge is 2.00. The van der Waals surface area contributed by atoms with Crippen molar-refractivity contribution in [2.24, 2.45) is 0 Å². The normalized spacial score (nSPS) is 10.5. The third kappa shape index (κ3) is 4.18. The summed E-state index contributed by atoms with van der Waals surface area (Å²) in [6, 6.07) is 15.8. The number of hydrogen-bond acceptors (Lipinski definition) is 2. The molecule has 0 amide bonds. The van der Waals surface area contributed by atoms with Gasteiger partial charge in [0.2, 0.25) is 0 Å². The van der Waals surface area contributed by atoms with Crippen LogP contribution in [0, 0.1) is 0 Å². The summed E-state index contributed by atoms with van der Waals surface area (Å²) in [5.41, 5.74) is 2.14. The van der Waals surface area contributed by atoms with Crippen molar-refractivity contribution >= 4 is 17.3 Å². The van der Waals surface area contributed by atoms with Gasteiger partial charge >= 0.3 is 0 Å². The van der Waals surface area contributed by atoms with Gasteiger partial charge < -0.3 is 10.1 Å². The first-order valence-electron chi connectivity index (χ1n) is 6.39. The summed E-state index contributed by atoms with van der Waals surface area (Å²) >= 11 is 6.11. The van der Waals surface area contributed by atoms with E-state index in [1.54, 1.807) is 0 Å². The van der Waals surface area contributed by atoms with Gasteiger partial charge in [0.25, 0.3) is 0 Å². The van der Waals surface area contributed by atoms with Gasteiger partial charge in [-0.15, -0.1) is 0 Å². The minimum absolute atomic E-state index is 0.196. The Morgan fingerprint density at radius 2 is 1.74 bits per heavy atom. The smallest absolute Gasteiger partial charge is 0.119 e. The number of rotatable bonds is 5. The third-order valence-corrected chi connectivity index (χ3v) is 3.04. The molecule has 0 aliphatic carbocycles. The molecule has 2 rings (SSSR count). The monoisotopic (exact) mass is 275 g/mol. The molecule has 19 heavy (non-hydrogen) atoms. The van der Waals surface area contributed by atoms with E-state index in [9.17, 15) is 0 Å². The quantitative estimate of drug-likeness (QED) is 0.851. The first kappa shape index (κ1) is 13.8. The van der Waals surface area contributed by atoms with E-state index in [1.165, 1.54) is 0 Å². The molecule has 3 heteroatoms. The van der Waals surface area contributed by atoms with Crippen LogP contribution in [0.25, 0.3) is 0 Å². The fourth-order valence-electron chi connectivity index (χ4n) is 1.76. The zero-order valence-corrected chi connectivity index (χ0v) is 11.9. The van der Waals surface area contributed by atoms with Crippen LogP contribution in [-0.2, 0) is 6.54 Å². The fraction of sp³-hybridized carbons (Fsp3) is 0.250. The van der Waals surface area contributed by atoms with Gasteiger partial charge in [0.15, 0.2) is 0 Å². The average molecular weight is 276 g/mol. The third-order valence-electron chi connectivity index (χ3n) is 2.67. The van der Waals surface area contributed by atoms with Gasteiger partial charge in [-0.3, -0.25) is 0 Å². The molecule has 0 spiro atoms. The van der Waals surface area contributed by atoms with Gasteiger partial charge in [0, 0.05) is 17.3 Å². The minimum atomic E-state index is 0.196. The lowest BCUT2D eigenvalue weighted by atomic mass is 10.2. The summed E-state index contributed by atoms with van der Waals surface area (Å²) in [5, 5.41) is 4.13. The zero-order valence-electron chi connectivity index (χ0n) is 11.2. The van der Waals surface area contributed by atoms with Crippen molar-refractivity contribution in [1.82, 2.24) is 0 Å². The summed E-state index contributed by atoms with van der Waals surface area (Å²) in [4.78, 5) is 0. The van der Waals surface area contributed by atoms with Crippen molar-refractivity contribution < 1.29 is 4.74 Å². The van der Waals surface area contributed by atoms with Crippen LogP contribution in [0.4, 0.5) is 5.69 Å². The second kappa shape index (κ2) is 6.48. The van der Waals surface area contributed by atoms with Crippen molar-refractivity contribution in [1.29, 1.82) is 0 Å². The molecule has 0 fully saturated rings. The second-order valence-electron chi connectivity index (χ2n) is 4.64. The van der Waals surface area contributed by atoms with Crippen LogP contribution in [0.1, 0.15) is 19.4 Å². The predicted molar refractivity (Wildman–Crippen MR) is 81.0 cm³/mol. The highest BCUT2D eigenvalue weighted by Crippen LogP contribution is 2.19. The highest BCUT2D eigenvalue weighted by molar-refractivity contribution is 6.31. The summed E-state index contributed by atoms with van der Waals surface area (Å²) in [5.74, 6) is 0.887. The van der Waals surface area contributed by atoms with Gasteiger partial charge in [-0.25, -0.2) is 0 Å². The molecule has 2 aromatic carbocycles.